The Morgan fingerprint density at radius 2 is 2.03 bits per heavy atom. The molecule has 0 spiro atoms. The van der Waals surface area contributed by atoms with Crippen LogP contribution in [0, 0.1) is 13.8 Å². The van der Waals surface area contributed by atoms with Gasteiger partial charge in [0.05, 0.1) is 35.5 Å². The zero-order valence-corrected chi connectivity index (χ0v) is 21.4. The molecule has 2 aliphatic rings. The Kier molecular flexibility index (Phi) is 5.86. The first-order valence-corrected chi connectivity index (χ1v) is 12.8. The molecule has 1 saturated heterocycles. The number of nitrogens with zero attached hydrogens (tertiary/aromatic N) is 3. The van der Waals surface area contributed by atoms with Gasteiger partial charge in [0.25, 0.3) is 11.8 Å². The van der Waals surface area contributed by atoms with Crippen LogP contribution in [0.25, 0.3) is 16.5 Å². The van der Waals surface area contributed by atoms with Crippen LogP contribution in [0.3, 0.4) is 0 Å². The van der Waals surface area contributed by atoms with Crippen LogP contribution in [0.15, 0.2) is 41.1 Å². The van der Waals surface area contributed by atoms with Crippen LogP contribution in [0.4, 0.5) is 4.39 Å². The first kappa shape index (κ1) is 24.4. The molecule has 1 aliphatic heterocycles. The topological polar surface area (TPSA) is 109 Å². The average molecular weight is 521 g/mol. The number of aryl methyl sites for hydroxylation is 2. The highest BCUT2D eigenvalue weighted by atomic mass is 19.1. The van der Waals surface area contributed by atoms with Crippen LogP contribution >= 0.6 is 0 Å². The van der Waals surface area contributed by atoms with Crippen molar-refractivity contribution in [3.8, 4) is 11.5 Å². The number of halogens is 1. The minimum absolute atomic E-state index is 0.151. The summed E-state index contributed by atoms with van der Waals surface area (Å²) in [7, 11) is 0. The number of hydrogen-bond donors (Lipinski definition) is 2. The molecule has 0 bridgehead atoms. The number of hydrogen-bond acceptors (Lipinski definition) is 6. The van der Waals surface area contributed by atoms with E-state index in [1.54, 1.807) is 53.0 Å². The lowest BCUT2D eigenvalue weighted by Crippen LogP contribution is -2.48. The van der Waals surface area contributed by atoms with Crippen molar-refractivity contribution >= 4 is 28.3 Å². The van der Waals surface area contributed by atoms with E-state index in [0.29, 0.717) is 70.7 Å². The van der Waals surface area contributed by atoms with E-state index in [9.17, 15) is 19.1 Å². The smallest absolute Gasteiger partial charge is 0.256 e. The molecule has 1 aromatic carbocycles. The van der Waals surface area contributed by atoms with Crippen molar-refractivity contribution in [1.82, 2.24) is 19.8 Å². The Bertz CT molecular complexity index is 1580. The molecular weight excluding hydrogens is 491 g/mol. The van der Waals surface area contributed by atoms with E-state index in [1.165, 1.54) is 0 Å². The molecule has 38 heavy (non-hydrogen) atoms. The number of carbonyl (C=O) groups is 2. The third-order valence-corrected chi connectivity index (χ3v) is 7.89. The van der Waals surface area contributed by atoms with Gasteiger partial charge < -0.3 is 24.5 Å². The predicted molar refractivity (Wildman–Crippen MR) is 137 cm³/mol. The molecule has 3 aromatic heterocycles. The Hall–Kier alpha value is -3.92. The van der Waals surface area contributed by atoms with Crippen molar-refractivity contribution in [2.75, 3.05) is 6.54 Å². The van der Waals surface area contributed by atoms with Gasteiger partial charge in [0.2, 0.25) is 0 Å². The lowest BCUT2D eigenvalue weighted by molar-refractivity contribution is 0.0666. The van der Waals surface area contributed by atoms with Crippen LogP contribution in [-0.4, -0.2) is 62.3 Å². The van der Waals surface area contributed by atoms with Crippen LogP contribution in [0.5, 0.6) is 11.5 Å². The third kappa shape index (κ3) is 3.91. The molecule has 1 saturated carbocycles. The van der Waals surface area contributed by atoms with E-state index in [1.807, 2.05) is 13.8 Å². The summed E-state index contributed by atoms with van der Waals surface area (Å²) >= 11 is 0. The molecule has 0 radical (unpaired) electrons. The Labute approximate surface area is 218 Å². The van der Waals surface area contributed by atoms with Crippen LogP contribution in [0.2, 0.25) is 0 Å². The van der Waals surface area contributed by atoms with E-state index >= 15 is 0 Å². The van der Waals surface area contributed by atoms with Gasteiger partial charge >= 0.3 is 0 Å². The molecule has 2 unspecified atom stereocenters. The Morgan fingerprint density at radius 3 is 2.71 bits per heavy atom. The molecule has 4 aromatic rings. The van der Waals surface area contributed by atoms with Crippen molar-refractivity contribution in [3.63, 3.8) is 0 Å². The van der Waals surface area contributed by atoms with Crippen LogP contribution in [0.1, 0.15) is 58.2 Å². The first-order valence-electron chi connectivity index (χ1n) is 12.8. The van der Waals surface area contributed by atoms with Gasteiger partial charge in [-0.1, -0.05) is 0 Å². The largest absolute Gasteiger partial charge is 0.460 e. The van der Waals surface area contributed by atoms with Gasteiger partial charge in [0, 0.05) is 30.3 Å². The van der Waals surface area contributed by atoms with Crippen LogP contribution < -0.4 is 10.1 Å². The van der Waals surface area contributed by atoms with Crippen molar-refractivity contribution in [2.24, 2.45) is 0 Å². The second-order valence-electron chi connectivity index (χ2n) is 10.2. The van der Waals surface area contributed by atoms with Gasteiger partial charge in [-0.2, -0.15) is 5.10 Å². The highest BCUT2D eigenvalue weighted by Crippen LogP contribution is 2.35. The van der Waals surface area contributed by atoms with Crippen molar-refractivity contribution in [3.05, 3.63) is 59.1 Å². The quantitative estimate of drug-likeness (QED) is 0.406. The summed E-state index contributed by atoms with van der Waals surface area (Å²) in [6, 6.07) is 6.21. The summed E-state index contributed by atoms with van der Waals surface area (Å²) < 4.78 is 27.4. The second kappa shape index (κ2) is 9.13. The molecule has 4 heterocycles. The number of fused-ring (bicyclic) bond motifs is 2. The summed E-state index contributed by atoms with van der Waals surface area (Å²) in [6.45, 7) is 5.90. The van der Waals surface area contributed by atoms with Gasteiger partial charge in [-0.25, -0.2) is 8.91 Å². The summed E-state index contributed by atoms with van der Waals surface area (Å²) in [5, 5.41) is 17.8. The lowest BCUT2D eigenvalue weighted by Gasteiger charge is -2.30. The molecule has 198 valence electrons. The fourth-order valence-corrected chi connectivity index (χ4v) is 5.42. The summed E-state index contributed by atoms with van der Waals surface area (Å²) in [6.07, 6.45) is 3.40. The summed E-state index contributed by atoms with van der Waals surface area (Å²) in [4.78, 5) is 27.8. The minimum Gasteiger partial charge on any atom is -0.460 e. The Morgan fingerprint density at radius 1 is 1.21 bits per heavy atom. The maximum atomic E-state index is 13.7. The number of amides is 2. The number of ether oxygens (including phenoxy) is 1. The first-order chi connectivity index (χ1) is 18.2. The zero-order valence-electron chi connectivity index (χ0n) is 21.4. The number of aliphatic hydroxyl groups is 1. The van der Waals surface area contributed by atoms with E-state index < -0.39 is 18.3 Å². The number of rotatable bonds is 5. The standard InChI is InChI=1S/C28H29FN4O5/c1-14-19(28(36)32-11-9-22(34)15(32)2)13-33-26(14)23(8-10-30-33)38-17-4-5-18-24(12-17)37-16(3)25(18)27(35)31-21-7-6-20(21)29/h4-5,8,10,12-13,15,20-22,34H,6-7,9,11H2,1-3H3,(H,31,35)/t15-,20?,21?,22+/m1/s1. The molecule has 10 heteroatoms. The fraction of sp³-hybridized carbons (Fsp3) is 0.393. The number of aliphatic hydroxyl groups excluding tert-OH is 1. The summed E-state index contributed by atoms with van der Waals surface area (Å²) in [5.41, 5.74) is 2.75. The fourth-order valence-electron chi connectivity index (χ4n) is 5.42. The van der Waals surface area contributed by atoms with E-state index in [0.717, 1.165) is 5.56 Å². The van der Waals surface area contributed by atoms with E-state index in [4.69, 9.17) is 9.15 Å². The number of nitrogens with one attached hydrogen (secondary N) is 1. The van der Waals surface area contributed by atoms with Gasteiger partial charge in [-0.3, -0.25) is 9.59 Å². The highest BCUT2D eigenvalue weighted by Gasteiger charge is 2.35. The number of likely N-dealkylation sites (tertiary alicyclic amines) is 1. The van der Waals surface area contributed by atoms with E-state index in [2.05, 4.69) is 10.4 Å². The Balaban J connectivity index is 1.29. The summed E-state index contributed by atoms with van der Waals surface area (Å²) in [5.74, 6) is 0.938. The van der Waals surface area contributed by atoms with Crippen molar-refractivity contribution in [1.29, 1.82) is 0 Å². The number of carbonyl (C=O) groups excluding carboxylic acids is 2. The maximum absolute atomic E-state index is 13.7. The minimum atomic E-state index is -1.01. The lowest BCUT2D eigenvalue weighted by atomic mass is 9.90. The number of benzene rings is 1. The SMILES string of the molecule is Cc1oc2cc(Oc3ccnn4cc(C(=O)N5CC[C@H](O)[C@H]5C)c(C)c34)ccc2c1C(=O)NC1CCC1F. The third-order valence-electron chi connectivity index (χ3n) is 7.89. The van der Waals surface area contributed by atoms with Gasteiger partial charge in [0.1, 0.15) is 28.8 Å². The molecule has 2 N–H and O–H groups in total. The van der Waals surface area contributed by atoms with Crippen LogP contribution in [-0.2, 0) is 0 Å². The molecule has 2 fully saturated rings. The molecule has 2 amide bonds. The normalized spacial score (nSPS) is 23.1. The molecule has 1 aliphatic carbocycles. The van der Waals surface area contributed by atoms with Gasteiger partial charge in [0.15, 0.2) is 5.75 Å². The van der Waals surface area contributed by atoms with E-state index in [-0.39, 0.29) is 17.9 Å². The number of furan rings is 1. The number of aromatic nitrogens is 2. The molecule has 9 nitrogen and oxygen atoms in total. The second-order valence-corrected chi connectivity index (χ2v) is 10.2. The average Bonchev–Trinajstić information content (AvgIpc) is 3.53. The predicted octanol–water partition coefficient (Wildman–Crippen LogP) is 4.32. The molecular formula is C28H29FN4O5. The monoisotopic (exact) mass is 520 g/mol. The molecule has 6 rings (SSSR count). The van der Waals surface area contributed by atoms with Gasteiger partial charge in [-0.05, 0) is 57.7 Å². The molecule has 4 atom stereocenters. The number of alkyl halides is 1. The maximum Gasteiger partial charge on any atom is 0.256 e. The zero-order chi connectivity index (χ0) is 26.7. The highest BCUT2D eigenvalue weighted by molar-refractivity contribution is 6.07. The van der Waals surface area contributed by atoms with Gasteiger partial charge in [-0.15, -0.1) is 0 Å². The van der Waals surface area contributed by atoms with Crippen molar-refractivity contribution < 1.29 is 28.2 Å². The van der Waals surface area contributed by atoms with Crippen molar-refractivity contribution in [2.45, 2.75) is 64.4 Å².